The molecule has 0 spiro atoms. The van der Waals surface area contributed by atoms with Crippen molar-refractivity contribution in [3.63, 3.8) is 0 Å². The summed E-state index contributed by atoms with van der Waals surface area (Å²) in [7, 11) is -2.54. The predicted octanol–water partition coefficient (Wildman–Crippen LogP) is -5.88. The Balaban J connectivity index is 0.000000509. The maximum atomic E-state index is 11.8. The van der Waals surface area contributed by atoms with Gasteiger partial charge >= 0.3 is 129 Å². The van der Waals surface area contributed by atoms with Gasteiger partial charge in [0.2, 0.25) is 11.8 Å². The predicted molar refractivity (Wildman–Crippen MR) is 183 cm³/mol. The third kappa shape index (κ3) is 14.9. The van der Waals surface area contributed by atoms with Gasteiger partial charge in [-0.25, -0.2) is 9.97 Å². The number of nitrogens with zero attached hydrogens (tertiary/aromatic N) is 5. The van der Waals surface area contributed by atoms with E-state index in [0.717, 1.165) is 0 Å². The number of phenols is 1. The van der Waals surface area contributed by atoms with Crippen LogP contribution in [0.4, 0.5) is 0 Å². The van der Waals surface area contributed by atoms with E-state index in [0.29, 0.717) is 27.8 Å². The van der Waals surface area contributed by atoms with E-state index in [-0.39, 0.29) is 172 Å². The number of carbonyl (C=O) groups excluding carboxylic acids is 3. The summed E-state index contributed by atoms with van der Waals surface area (Å²) in [5.74, 6) is 0.285. The average Bonchev–Trinajstić information content (AvgIpc) is 3.66. The molecule has 4 heterocycles. The Kier molecular flexibility index (Phi) is 22.9. The summed E-state index contributed by atoms with van der Waals surface area (Å²) in [5.41, 5.74) is 1.56. The number of hydrogen-bond donors (Lipinski definition) is 3. The van der Waals surface area contributed by atoms with Gasteiger partial charge < -0.3 is 59.7 Å². The van der Waals surface area contributed by atoms with Crippen LogP contribution in [-0.4, -0.2) is 87.6 Å². The van der Waals surface area contributed by atoms with Gasteiger partial charge in [0.05, 0.1) is 50.7 Å². The Morgan fingerprint density at radius 1 is 0.860 bits per heavy atom. The molecule has 2 aromatic carbocycles. The van der Waals surface area contributed by atoms with Gasteiger partial charge in [-0.2, -0.15) is 5.26 Å². The second kappa shape index (κ2) is 26.1. The van der Waals surface area contributed by atoms with Crippen molar-refractivity contribution in [2.45, 2.75) is 38.9 Å². The number of carbonyl (C=O) groups is 3. The third-order valence-corrected chi connectivity index (χ3v) is 7.24. The number of aromatic hydroxyl groups is 1. The third-order valence-electron chi connectivity index (χ3n) is 7.24. The molecule has 0 amide bonds. The zero-order chi connectivity index (χ0) is 39.7. The Morgan fingerprint density at radius 3 is 1.77 bits per heavy atom. The molecule has 288 valence electrons. The van der Waals surface area contributed by atoms with Crippen molar-refractivity contribution in [1.29, 1.82) is 5.26 Å². The number of nitriles is 1. The smallest absolute Gasteiger partial charge is 1.00 e. The molecule has 0 saturated heterocycles. The van der Waals surface area contributed by atoms with Crippen molar-refractivity contribution in [1.82, 2.24) is 19.9 Å². The van der Waals surface area contributed by atoms with E-state index >= 15 is 0 Å². The number of aromatic nitrogens is 4. The molecule has 0 radical (unpaired) electrons. The van der Waals surface area contributed by atoms with Gasteiger partial charge in [-0.3, -0.25) is 24.4 Å². The van der Waals surface area contributed by atoms with Crippen LogP contribution in [0.3, 0.4) is 0 Å². The van der Waals surface area contributed by atoms with Crippen LogP contribution in [0.25, 0.3) is 0 Å². The second-order valence-electron chi connectivity index (χ2n) is 10.8. The van der Waals surface area contributed by atoms with Gasteiger partial charge in [0.1, 0.15) is 29.1 Å². The molecule has 24 heteroatoms. The monoisotopic (exact) mass is 839 g/mol. The zero-order valence-corrected chi connectivity index (χ0v) is 37.4. The minimum atomic E-state index is -1.27. The molecule has 4 aromatic rings. The number of hydrogen-bond acceptors (Lipinski definition) is 20. The quantitative estimate of drug-likeness (QED) is 0.0372. The van der Waals surface area contributed by atoms with Crippen LogP contribution in [0.15, 0.2) is 61.4 Å². The normalized spacial score (nSPS) is 14.2. The summed E-state index contributed by atoms with van der Waals surface area (Å²) in [5, 5.41) is 47.8. The van der Waals surface area contributed by atoms with Gasteiger partial charge in [-0.1, -0.05) is 0 Å². The van der Waals surface area contributed by atoms with Crippen molar-refractivity contribution in [2.24, 2.45) is 0 Å². The van der Waals surface area contributed by atoms with Crippen molar-refractivity contribution < 1.29 is 177 Å². The van der Waals surface area contributed by atoms with Gasteiger partial charge in [0.15, 0.2) is 6.61 Å². The molecule has 2 atom stereocenters. The van der Waals surface area contributed by atoms with E-state index in [1.807, 2.05) is 6.07 Å². The van der Waals surface area contributed by atoms with Gasteiger partial charge in [0.25, 0.3) is 6.47 Å². The number of ether oxygens (including phenoxy) is 5. The van der Waals surface area contributed by atoms with Gasteiger partial charge in [-0.05, 0) is 36.9 Å². The van der Waals surface area contributed by atoms with E-state index in [9.17, 15) is 24.7 Å². The van der Waals surface area contributed by atoms with E-state index in [1.54, 1.807) is 26.0 Å². The zero-order valence-electron chi connectivity index (χ0n) is 32.2. The molecule has 20 nitrogen and oxygen atoms in total. The fourth-order valence-corrected chi connectivity index (χ4v) is 5.26. The van der Waals surface area contributed by atoms with Crippen molar-refractivity contribution in [3.05, 3.63) is 72.6 Å². The molecule has 3 N–H and O–H groups in total. The molecule has 6 rings (SSSR count). The molecule has 0 aliphatic carbocycles. The van der Waals surface area contributed by atoms with E-state index in [2.05, 4.69) is 24.8 Å². The number of benzene rings is 2. The van der Waals surface area contributed by atoms with Crippen LogP contribution >= 0.6 is 0 Å². The average molecular weight is 839 g/mol. The first-order chi connectivity index (χ1) is 26.6. The molecule has 0 fully saturated rings. The van der Waals surface area contributed by atoms with Crippen LogP contribution in [-0.2, 0) is 38.1 Å². The minimum absolute atomic E-state index is 0. The fraction of sp³-hybridized carbons (Fsp3) is 0.273. The first-order valence-corrected chi connectivity index (χ1v) is 16.2. The van der Waals surface area contributed by atoms with Crippen LogP contribution in [0.1, 0.15) is 51.5 Å². The Bertz CT molecular complexity index is 1960. The number of phenolic OH excluding ortho intramolecular Hbond substituents is 1. The van der Waals surface area contributed by atoms with Crippen molar-refractivity contribution in [2.75, 3.05) is 19.8 Å². The summed E-state index contributed by atoms with van der Waals surface area (Å²) in [6.45, 7) is 3.49. The van der Waals surface area contributed by atoms with Crippen LogP contribution in [0.5, 0.6) is 34.8 Å². The van der Waals surface area contributed by atoms with Gasteiger partial charge in [-0.15, -0.1) is 0 Å². The summed E-state index contributed by atoms with van der Waals surface area (Å²) >= 11 is 0. The van der Waals surface area contributed by atoms with E-state index in [1.165, 1.54) is 49.3 Å². The molecule has 2 aromatic heterocycles. The Hall–Kier alpha value is -3.10. The van der Waals surface area contributed by atoms with Gasteiger partial charge in [0, 0.05) is 48.0 Å². The van der Waals surface area contributed by atoms with Crippen LogP contribution < -0.4 is 133 Å². The standard InChI is InChI=1S/C17H16BN3O6.C15H15BN2O6.CH2O3.2K.H/c1-2-24-16(22)9-14-17-12(18(23)27-14)7-11(8-13(17)25-6-3-19)26-15-10-20-4-5-21-15;1-2-22-14(20)7-12-15-10(16(21)24-12)5-9(6-11(15)19)23-13-8-17-3-4-18-13;2-1-4-3;;;/h4-5,7-8,10,14,23H,2,6,9H2,1H3;3-6,8,12,19,21H,2,7H2,1H3;1,3H;;;/q;;;2*+1;-1/p-1. The fourth-order valence-electron chi connectivity index (χ4n) is 5.26. The maximum Gasteiger partial charge on any atom is 1.00 e. The maximum absolute atomic E-state index is 11.8. The summed E-state index contributed by atoms with van der Waals surface area (Å²) < 4.78 is 37.3. The van der Waals surface area contributed by atoms with E-state index < -0.39 is 38.4 Å². The topological polar surface area (TPSA) is 284 Å². The molecule has 2 aliphatic rings. The van der Waals surface area contributed by atoms with E-state index in [4.69, 9.17) is 48.3 Å². The summed E-state index contributed by atoms with van der Waals surface area (Å²) in [6, 6.07) is 7.89. The Labute approximate surface area is 412 Å². The molecule has 57 heavy (non-hydrogen) atoms. The second-order valence-corrected chi connectivity index (χ2v) is 10.8. The van der Waals surface area contributed by atoms with Crippen molar-refractivity contribution >= 4 is 43.6 Å². The first-order valence-electron chi connectivity index (χ1n) is 16.2. The molecule has 2 unspecified atom stereocenters. The molecule has 2 aliphatic heterocycles. The molecule has 0 saturated carbocycles. The molecule has 0 bridgehead atoms. The first kappa shape index (κ1) is 50.0. The number of esters is 2. The summed E-state index contributed by atoms with van der Waals surface area (Å²) in [4.78, 5) is 50.5. The summed E-state index contributed by atoms with van der Waals surface area (Å²) in [6.07, 6.45) is 7.08. The Morgan fingerprint density at radius 2 is 1.33 bits per heavy atom. The molecular weight excluding hydrogens is 806 g/mol. The minimum Gasteiger partial charge on any atom is -1.00 e. The largest absolute Gasteiger partial charge is 1.00 e. The van der Waals surface area contributed by atoms with Crippen LogP contribution in [0.2, 0.25) is 0 Å². The number of fused-ring (bicyclic) bond motifs is 2. The number of rotatable bonds is 13. The van der Waals surface area contributed by atoms with Crippen LogP contribution in [0, 0.1) is 11.3 Å². The SMILES string of the molecule is CCOC(=O)CC1OB(O)c2cc(Oc3cnccn3)cc(O)c21.CCOC(=O)CC1OB(O)c2cc(Oc3cnccn3)cc(OCC#N)c21.O=CO[O-].[H-].[K+].[K+]. The van der Waals surface area contributed by atoms with Crippen molar-refractivity contribution in [3.8, 4) is 40.8 Å². The molecular formula is C33H33B2K2N5O15.